The molecule has 22 heavy (non-hydrogen) atoms. The monoisotopic (exact) mass is 301 g/mol. The van der Waals surface area contributed by atoms with E-state index in [9.17, 15) is 4.79 Å². The minimum Gasteiger partial charge on any atom is -0.377 e. The first-order chi connectivity index (χ1) is 10.6. The van der Waals surface area contributed by atoms with E-state index >= 15 is 0 Å². The predicted octanol–water partition coefficient (Wildman–Crippen LogP) is 2.00. The Morgan fingerprint density at radius 2 is 2.32 bits per heavy atom. The lowest BCUT2D eigenvalue weighted by molar-refractivity contribution is -0.00274. The molecule has 0 amide bonds. The number of nitrogens with zero attached hydrogens (tertiary/aromatic N) is 3. The third-order valence-electron chi connectivity index (χ3n) is 4.16. The fourth-order valence-electron chi connectivity index (χ4n) is 3.03. The zero-order valence-corrected chi connectivity index (χ0v) is 13.3. The average Bonchev–Trinajstić information content (AvgIpc) is 2.49. The number of hydrogen-bond acceptors (Lipinski definition) is 4. The van der Waals surface area contributed by atoms with Crippen molar-refractivity contribution in [2.45, 2.75) is 38.8 Å². The molecule has 0 N–H and O–H groups in total. The van der Waals surface area contributed by atoms with E-state index in [4.69, 9.17) is 4.74 Å². The minimum atomic E-state index is -0.0222. The standard InChI is InChI=1S/C17H23N3O2/c1-13-6-5-8-20-16(21)10-14(18-17(13)20)11-19(2)12-15-7-3-4-9-22-15/h5-6,8,10,15H,3-4,7,9,11-12H2,1-2H3. The van der Waals surface area contributed by atoms with Gasteiger partial charge in [-0.2, -0.15) is 0 Å². The largest absolute Gasteiger partial charge is 0.377 e. The van der Waals surface area contributed by atoms with Gasteiger partial charge in [-0.05, 0) is 44.9 Å². The Labute approximate surface area is 130 Å². The molecule has 5 heteroatoms. The van der Waals surface area contributed by atoms with Crippen LogP contribution < -0.4 is 5.56 Å². The lowest BCUT2D eigenvalue weighted by Gasteiger charge is -2.27. The molecule has 1 aliphatic rings. The van der Waals surface area contributed by atoms with Gasteiger partial charge in [-0.1, -0.05) is 6.07 Å². The molecule has 0 aliphatic carbocycles. The zero-order valence-electron chi connectivity index (χ0n) is 13.3. The van der Waals surface area contributed by atoms with Gasteiger partial charge in [-0.3, -0.25) is 14.1 Å². The molecule has 3 rings (SSSR count). The molecule has 0 radical (unpaired) electrons. The number of aryl methyl sites for hydroxylation is 1. The molecule has 5 nitrogen and oxygen atoms in total. The van der Waals surface area contributed by atoms with Gasteiger partial charge in [0.1, 0.15) is 5.65 Å². The van der Waals surface area contributed by atoms with Crippen LogP contribution in [0.15, 0.2) is 29.2 Å². The Morgan fingerprint density at radius 1 is 1.45 bits per heavy atom. The molecule has 0 bridgehead atoms. The van der Waals surface area contributed by atoms with Gasteiger partial charge in [0.15, 0.2) is 0 Å². The van der Waals surface area contributed by atoms with Crippen molar-refractivity contribution in [1.82, 2.24) is 14.3 Å². The molecule has 2 aromatic heterocycles. The SMILES string of the molecule is Cc1cccn2c(=O)cc(CN(C)CC3CCCCO3)nc12. The Hall–Kier alpha value is -1.72. The summed E-state index contributed by atoms with van der Waals surface area (Å²) < 4.78 is 7.37. The number of fused-ring (bicyclic) bond motifs is 1. The number of pyridine rings is 1. The number of rotatable bonds is 4. The van der Waals surface area contributed by atoms with Crippen molar-refractivity contribution in [2.24, 2.45) is 0 Å². The van der Waals surface area contributed by atoms with Crippen molar-refractivity contribution < 1.29 is 4.74 Å². The molecule has 0 aromatic carbocycles. The van der Waals surface area contributed by atoms with Gasteiger partial charge in [0.2, 0.25) is 0 Å². The molecule has 118 valence electrons. The molecule has 1 atom stereocenters. The summed E-state index contributed by atoms with van der Waals surface area (Å²) in [4.78, 5) is 19.0. The van der Waals surface area contributed by atoms with Crippen LogP contribution in [0.1, 0.15) is 30.5 Å². The number of aromatic nitrogens is 2. The Bertz CT molecular complexity index is 705. The molecule has 1 unspecified atom stereocenters. The summed E-state index contributed by atoms with van der Waals surface area (Å²) >= 11 is 0. The van der Waals surface area contributed by atoms with Crippen molar-refractivity contribution in [1.29, 1.82) is 0 Å². The zero-order chi connectivity index (χ0) is 15.5. The van der Waals surface area contributed by atoms with Crippen LogP contribution in [-0.2, 0) is 11.3 Å². The summed E-state index contributed by atoms with van der Waals surface area (Å²) in [6.07, 6.45) is 5.61. The van der Waals surface area contributed by atoms with Crippen molar-refractivity contribution in [2.75, 3.05) is 20.2 Å². The third kappa shape index (κ3) is 3.36. The molecular formula is C17H23N3O2. The first-order valence-corrected chi connectivity index (χ1v) is 7.91. The summed E-state index contributed by atoms with van der Waals surface area (Å²) in [6, 6.07) is 5.48. The molecule has 1 aliphatic heterocycles. The molecule has 1 fully saturated rings. The van der Waals surface area contributed by atoms with Crippen molar-refractivity contribution >= 4 is 5.65 Å². The van der Waals surface area contributed by atoms with Gasteiger partial charge in [0.25, 0.3) is 5.56 Å². The highest BCUT2D eigenvalue weighted by Gasteiger charge is 2.16. The minimum absolute atomic E-state index is 0.0222. The molecule has 1 saturated heterocycles. The van der Waals surface area contributed by atoms with E-state index in [2.05, 4.69) is 16.9 Å². The highest BCUT2D eigenvalue weighted by Crippen LogP contribution is 2.14. The second kappa shape index (κ2) is 6.58. The first kappa shape index (κ1) is 15.2. The molecule has 3 heterocycles. The maximum Gasteiger partial charge on any atom is 0.258 e. The van der Waals surface area contributed by atoms with Gasteiger partial charge in [-0.25, -0.2) is 4.98 Å². The topological polar surface area (TPSA) is 46.8 Å². The maximum absolute atomic E-state index is 12.2. The van der Waals surface area contributed by atoms with Crippen LogP contribution >= 0.6 is 0 Å². The van der Waals surface area contributed by atoms with Crippen molar-refractivity contribution in [3.8, 4) is 0 Å². The smallest absolute Gasteiger partial charge is 0.258 e. The van der Waals surface area contributed by atoms with Crippen LogP contribution in [-0.4, -0.2) is 40.6 Å². The van der Waals surface area contributed by atoms with E-state index in [0.717, 1.165) is 36.5 Å². The summed E-state index contributed by atoms with van der Waals surface area (Å²) in [7, 11) is 2.05. The molecular weight excluding hydrogens is 278 g/mol. The lowest BCUT2D eigenvalue weighted by Crippen LogP contribution is -2.33. The Balaban J connectivity index is 1.75. The average molecular weight is 301 g/mol. The fraction of sp³-hybridized carbons (Fsp3) is 0.529. The van der Waals surface area contributed by atoms with E-state index in [1.165, 1.54) is 12.8 Å². The van der Waals surface area contributed by atoms with Gasteiger partial charge in [0.05, 0.1) is 11.8 Å². The highest BCUT2D eigenvalue weighted by atomic mass is 16.5. The van der Waals surface area contributed by atoms with E-state index in [1.807, 2.05) is 19.1 Å². The Morgan fingerprint density at radius 3 is 3.09 bits per heavy atom. The molecule has 0 spiro atoms. The summed E-state index contributed by atoms with van der Waals surface area (Å²) in [5.41, 5.74) is 2.55. The second-order valence-electron chi connectivity index (χ2n) is 6.16. The van der Waals surface area contributed by atoms with Crippen LogP contribution in [0.3, 0.4) is 0 Å². The number of hydrogen-bond donors (Lipinski definition) is 0. The van der Waals surface area contributed by atoms with Crippen LogP contribution in [0.2, 0.25) is 0 Å². The first-order valence-electron chi connectivity index (χ1n) is 7.91. The van der Waals surface area contributed by atoms with Gasteiger partial charge in [-0.15, -0.1) is 0 Å². The van der Waals surface area contributed by atoms with Crippen LogP contribution in [0.4, 0.5) is 0 Å². The highest BCUT2D eigenvalue weighted by molar-refractivity contribution is 5.46. The molecule has 0 saturated carbocycles. The summed E-state index contributed by atoms with van der Waals surface area (Å²) in [5, 5.41) is 0. The fourth-order valence-corrected chi connectivity index (χ4v) is 3.03. The van der Waals surface area contributed by atoms with E-state index in [1.54, 1.807) is 16.7 Å². The number of likely N-dealkylation sites (N-methyl/N-ethyl adjacent to an activating group) is 1. The Kier molecular flexibility index (Phi) is 4.55. The van der Waals surface area contributed by atoms with Gasteiger partial charge < -0.3 is 4.74 Å². The third-order valence-corrected chi connectivity index (χ3v) is 4.16. The van der Waals surface area contributed by atoms with E-state index < -0.39 is 0 Å². The van der Waals surface area contributed by atoms with Gasteiger partial charge >= 0.3 is 0 Å². The lowest BCUT2D eigenvalue weighted by atomic mass is 10.1. The quantitative estimate of drug-likeness (QED) is 0.866. The summed E-state index contributed by atoms with van der Waals surface area (Å²) in [6.45, 7) is 4.40. The van der Waals surface area contributed by atoms with Crippen molar-refractivity contribution in [3.05, 3.63) is 46.0 Å². The normalized spacial score (nSPS) is 19.0. The van der Waals surface area contributed by atoms with Crippen LogP contribution in [0.25, 0.3) is 5.65 Å². The van der Waals surface area contributed by atoms with Crippen molar-refractivity contribution in [3.63, 3.8) is 0 Å². The van der Waals surface area contributed by atoms with Crippen LogP contribution in [0.5, 0.6) is 0 Å². The van der Waals surface area contributed by atoms with E-state index in [0.29, 0.717) is 12.6 Å². The molecule has 2 aromatic rings. The predicted molar refractivity (Wildman–Crippen MR) is 86.1 cm³/mol. The van der Waals surface area contributed by atoms with Crippen LogP contribution in [0, 0.1) is 6.92 Å². The maximum atomic E-state index is 12.2. The van der Waals surface area contributed by atoms with Gasteiger partial charge in [0, 0.05) is 32.0 Å². The summed E-state index contributed by atoms with van der Waals surface area (Å²) in [5.74, 6) is 0. The number of ether oxygens (including phenoxy) is 1. The second-order valence-corrected chi connectivity index (χ2v) is 6.16. The van der Waals surface area contributed by atoms with E-state index in [-0.39, 0.29) is 5.56 Å².